The summed E-state index contributed by atoms with van der Waals surface area (Å²) in [4.78, 5) is 29.9. The van der Waals surface area contributed by atoms with Gasteiger partial charge < -0.3 is 10.2 Å². The number of hydrogen-bond acceptors (Lipinski definition) is 4. The Morgan fingerprint density at radius 2 is 1.89 bits per heavy atom. The second kappa shape index (κ2) is 8.37. The minimum atomic E-state index is -0.112. The number of thioether (sulfide) groups is 1. The number of benzene rings is 2. The van der Waals surface area contributed by atoms with Gasteiger partial charge in [0, 0.05) is 30.6 Å². The molecule has 2 aromatic rings. The van der Waals surface area contributed by atoms with Crippen molar-refractivity contribution in [1.29, 1.82) is 0 Å². The zero-order valence-electron chi connectivity index (χ0n) is 16.1. The molecule has 1 atom stereocenters. The molecule has 6 heteroatoms. The van der Waals surface area contributed by atoms with Crippen molar-refractivity contribution in [2.45, 2.75) is 30.8 Å². The van der Waals surface area contributed by atoms with Crippen LogP contribution in [0.3, 0.4) is 0 Å². The molecule has 0 aromatic heterocycles. The third-order valence-corrected chi connectivity index (χ3v) is 6.54. The summed E-state index contributed by atoms with van der Waals surface area (Å²) in [6.07, 6.45) is 1.05. The Morgan fingerprint density at radius 3 is 2.75 bits per heavy atom. The van der Waals surface area contributed by atoms with Crippen molar-refractivity contribution in [1.82, 2.24) is 10.2 Å². The second-order valence-electron chi connectivity index (χ2n) is 7.38. The van der Waals surface area contributed by atoms with Gasteiger partial charge in [0.25, 0.3) is 0 Å². The molecule has 4 rings (SSSR count). The SMILES string of the molecule is CC(CNC(=O)CN1C(=O)CSc2ccccc21)N1CCc2ccccc2C1. The Morgan fingerprint density at radius 1 is 1.14 bits per heavy atom. The highest BCUT2D eigenvalue weighted by atomic mass is 32.2. The Labute approximate surface area is 170 Å². The van der Waals surface area contributed by atoms with Crippen molar-refractivity contribution in [3.8, 4) is 0 Å². The maximum Gasteiger partial charge on any atom is 0.240 e. The van der Waals surface area contributed by atoms with E-state index in [2.05, 4.69) is 41.4 Å². The van der Waals surface area contributed by atoms with Gasteiger partial charge in [-0.1, -0.05) is 36.4 Å². The summed E-state index contributed by atoms with van der Waals surface area (Å²) in [7, 11) is 0. The lowest BCUT2D eigenvalue weighted by atomic mass is 9.99. The van der Waals surface area contributed by atoms with Crippen LogP contribution in [0.4, 0.5) is 5.69 Å². The molecule has 2 aromatic carbocycles. The number of amides is 2. The van der Waals surface area contributed by atoms with E-state index in [1.165, 1.54) is 22.9 Å². The van der Waals surface area contributed by atoms with Crippen LogP contribution in [-0.2, 0) is 22.6 Å². The van der Waals surface area contributed by atoms with Gasteiger partial charge in [-0.25, -0.2) is 0 Å². The molecule has 0 radical (unpaired) electrons. The fourth-order valence-corrected chi connectivity index (χ4v) is 4.75. The van der Waals surface area contributed by atoms with Crippen LogP contribution in [0, 0.1) is 0 Å². The summed E-state index contributed by atoms with van der Waals surface area (Å²) >= 11 is 1.53. The Balaban J connectivity index is 1.32. The number of rotatable bonds is 5. The predicted octanol–water partition coefficient (Wildman–Crippen LogP) is 2.69. The first-order chi connectivity index (χ1) is 13.6. The molecule has 146 valence electrons. The summed E-state index contributed by atoms with van der Waals surface area (Å²) in [6.45, 7) is 4.73. The zero-order chi connectivity index (χ0) is 19.5. The number of fused-ring (bicyclic) bond motifs is 2. The fraction of sp³-hybridized carbons (Fsp3) is 0.364. The molecule has 5 nitrogen and oxygen atoms in total. The standard InChI is InChI=1S/C22H25N3O2S/c1-16(24-11-10-17-6-2-3-7-18(17)13-24)12-23-21(26)14-25-19-8-4-5-9-20(19)28-15-22(25)27/h2-9,16H,10-15H2,1H3,(H,23,26). The van der Waals surface area contributed by atoms with Crippen molar-refractivity contribution in [3.63, 3.8) is 0 Å². The Bertz CT molecular complexity index is 886. The van der Waals surface area contributed by atoms with Crippen molar-refractivity contribution in [2.75, 3.05) is 30.3 Å². The topological polar surface area (TPSA) is 52.7 Å². The predicted molar refractivity (Wildman–Crippen MR) is 113 cm³/mol. The third kappa shape index (κ3) is 4.08. The third-order valence-electron chi connectivity index (χ3n) is 5.49. The number of nitrogens with zero attached hydrogens (tertiary/aromatic N) is 2. The molecule has 0 spiro atoms. The lowest BCUT2D eigenvalue weighted by Gasteiger charge is -2.34. The van der Waals surface area contributed by atoms with Gasteiger partial charge in [0.15, 0.2) is 0 Å². The van der Waals surface area contributed by atoms with Crippen LogP contribution in [0.1, 0.15) is 18.1 Å². The molecule has 2 amide bonds. The molecule has 2 heterocycles. The summed E-state index contributed by atoms with van der Waals surface area (Å²) in [5, 5.41) is 3.02. The maximum atomic E-state index is 12.5. The number of para-hydroxylation sites is 1. The second-order valence-corrected chi connectivity index (χ2v) is 8.40. The van der Waals surface area contributed by atoms with Gasteiger partial charge in [-0.15, -0.1) is 11.8 Å². The van der Waals surface area contributed by atoms with Gasteiger partial charge in [0.05, 0.1) is 11.4 Å². The van der Waals surface area contributed by atoms with E-state index in [1.807, 2.05) is 24.3 Å². The van der Waals surface area contributed by atoms with Crippen molar-refractivity contribution < 1.29 is 9.59 Å². The quantitative estimate of drug-likeness (QED) is 0.846. The Hall–Kier alpha value is -2.31. The molecule has 28 heavy (non-hydrogen) atoms. The molecule has 2 aliphatic rings. The fourth-order valence-electron chi connectivity index (χ4n) is 3.81. The largest absolute Gasteiger partial charge is 0.353 e. The minimum Gasteiger partial charge on any atom is -0.353 e. The van der Waals surface area contributed by atoms with Gasteiger partial charge in [0.2, 0.25) is 11.8 Å². The number of nitrogens with one attached hydrogen (secondary N) is 1. The average Bonchev–Trinajstić information content (AvgIpc) is 2.73. The number of carbonyl (C=O) groups excluding carboxylic acids is 2. The van der Waals surface area contributed by atoms with Gasteiger partial charge in [0.1, 0.15) is 6.54 Å². The maximum absolute atomic E-state index is 12.5. The van der Waals surface area contributed by atoms with Crippen molar-refractivity contribution >= 4 is 29.3 Å². The van der Waals surface area contributed by atoms with Crippen LogP contribution in [-0.4, -0.2) is 48.1 Å². The highest BCUT2D eigenvalue weighted by molar-refractivity contribution is 8.00. The first-order valence-electron chi connectivity index (χ1n) is 9.71. The van der Waals surface area contributed by atoms with E-state index < -0.39 is 0 Å². The number of anilines is 1. The van der Waals surface area contributed by atoms with Crippen LogP contribution in [0.25, 0.3) is 0 Å². The summed E-state index contributed by atoms with van der Waals surface area (Å²) in [5.74, 6) is 0.257. The molecule has 0 fully saturated rings. The first-order valence-corrected chi connectivity index (χ1v) is 10.7. The van der Waals surface area contributed by atoms with Gasteiger partial charge in [-0.2, -0.15) is 0 Å². The smallest absolute Gasteiger partial charge is 0.240 e. The van der Waals surface area contributed by atoms with E-state index in [0.717, 1.165) is 30.1 Å². The molecule has 0 aliphatic carbocycles. The number of hydrogen-bond donors (Lipinski definition) is 1. The average molecular weight is 396 g/mol. The van der Waals surface area contributed by atoms with E-state index >= 15 is 0 Å². The molecule has 2 aliphatic heterocycles. The van der Waals surface area contributed by atoms with Crippen LogP contribution >= 0.6 is 11.8 Å². The van der Waals surface area contributed by atoms with Gasteiger partial charge in [-0.05, 0) is 36.6 Å². The lowest BCUT2D eigenvalue weighted by Crippen LogP contribution is -2.48. The highest BCUT2D eigenvalue weighted by Crippen LogP contribution is 2.34. The van der Waals surface area contributed by atoms with Gasteiger partial charge in [-0.3, -0.25) is 14.5 Å². The van der Waals surface area contributed by atoms with Gasteiger partial charge >= 0.3 is 0 Å². The molecular formula is C22H25N3O2S. The summed E-state index contributed by atoms with van der Waals surface area (Å²) in [6, 6.07) is 16.6. The summed E-state index contributed by atoms with van der Waals surface area (Å²) in [5.41, 5.74) is 3.63. The Kier molecular flexibility index (Phi) is 5.69. The van der Waals surface area contributed by atoms with Crippen molar-refractivity contribution in [3.05, 3.63) is 59.7 Å². The van der Waals surface area contributed by atoms with Crippen LogP contribution in [0.5, 0.6) is 0 Å². The molecule has 1 unspecified atom stereocenters. The van der Waals surface area contributed by atoms with E-state index in [1.54, 1.807) is 4.90 Å². The monoisotopic (exact) mass is 395 g/mol. The zero-order valence-corrected chi connectivity index (χ0v) is 16.9. The normalized spacial score (nSPS) is 17.6. The lowest BCUT2D eigenvalue weighted by molar-refractivity contribution is -0.123. The molecule has 1 N–H and O–H groups in total. The minimum absolute atomic E-state index is 0.0143. The van der Waals surface area contributed by atoms with Crippen LogP contribution in [0.2, 0.25) is 0 Å². The van der Waals surface area contributed by atoms with E-state index in [0.29, 0.717) is 12.3 Å². The molecule has 0 bridgehead atoms. The molecular weight excluding hydrogens is 370 g/mol. The van der Waals surface area contributed by atoms with Crippen molar-refractivity contribution in [2.24, 2.45) is 0 Å². The first kappa shape index (κ1) is 19.0. The van der Waals surface area contributed by atoms with Crippen LogP contribution in [0.15, 0.2) is 53.4 Å². The van der Waals surface area contributed by atoms with E-state index in [-0.39, 0.29) is 24.4 Å². The van der Waals surface area contributed by atoms with E-state index in [9.17, 15) is 9.59 Å². The highest BCUT2D eigenvalue weighted by Gasteiger charge is 2.26. The van der Waals surface area contributed by atoms with E-state index in [4.69, 9.17) is 0 Å². The number of carbonyl (C=O) groups is 2. The molecule has 0 saturated carbocycles. The molecule has 0 saturated heterocycles. The van der Waals surface area contributed by atoms with Crippen LogP contribution < -0.4 is 10.2 Å². The summed E-state index contributed by atoms with van der Waals surface area (Å²) < 4.78 is 0.